The molecular weight excluding hydrogens is 308 g/mol. The van der Waals surface area contributed by atoms with E-state index < -0.39 is 0 Å². The number of halogens is 1. The van der Waals surface area contributed by atoms with Crippen LogP contribution in [0.3, 0.4) is 0 Å². The lowest BCUT2D eigenvalue weighted by Crippen LogP contribution is -2.52. The number of anilines is 1. The van der Waals surface area contributed by atoms with Crippen molar-refractivity contribution in [2.75, 3.05) is 18.4 Å². The number of aldehydes is 1. The summed E-state index contributed by atoms with van der Waals surface area (Å²) < 4.78 is 0. The van der Waals surface area contributed by atoms with Crippen molar-refractivity contribution < 1.29 is 4.79 Å². The van der Waals surface area contributed by atoms with Gasteiger partial charge in [-0.25, -0.2) is 0 Å². The highest BCUT2D eigenvalue weighted by Crippen LogP contribution is 2.60. The van der Waals surface area contributed by atoms with Gasteiger partial charge in [-0.2, -0.15) is 0 Å². The molecule has 2 bridgehead atoms. The molecule has 1 aliphatic carbocycles. The van der Waals surface area contributed by atoms with Gasteiger partial charge < -0.3 is 5.32 Å². The fourth-order valence-electron chi connectivity index (χ4n) is 5.44. The van der Waals surface area contributed by atoms with Gasteiger partial charge in [-0.3, -0.25) is 9.69 Å². The minimum atomic E-state index is 0. The topological polar surface area (TPSA) is 32.3 Å². The van der Waals surface area contributed by atoms with Gasteiger partial charge in [0.05, 0.1) is 5.41 Å². The summed E-state index contributed by atoms with van der Waals surface area (Å²) in [7, 11) is 0. The summed E-state index contributed by atoms with van der Waals surface area (Å²) in [6.45, 7) is 4.26. The van der Waals surface area contributed by atoms with Gasteiger partial charge in [-0.1, -0.05) is 29.8 Å². The molecule has 3 atom stereocenters. The number of benzene rings is 1. The second kappa shape index (κ2) is 4.96. The molecule has 2 fully saturated rings. The monoisotopic (exact) mass is 328 g/mol. The van der Waals surface area contributed by atoms with Gasteiger partial charge in [0.2, 0.25) is 0 Å². The standard InChI is InChI=1S/C19H20N2O.ClH/c1-2-12-10-21-8-7-19-15-5-3-4-6-16(15)20-18(19)14(11-22)13(12)9-17(19)21;/h2-6,11,13,17,20H,7-10H2,1H3;1H/b12-2-;/t13-,17?,19+;/m0./s1. The highest BCUT2D eigenvalue weighted by Gasteiger charge is 2.60. The van der Waals surface area contributed by atoms with Gasteiger partial charge in [0.25, 0.3) is 0 Å². The van der Waals surface area contributed by atoms with Crippen LogP contribution in [0.1, 0.15) is 25.3 Å². The molecule has 2 saturated heterocycles. The predicted molar refractivity (Wildman–Crippen MR) is 93.9 cm³/mol. The third kappa shape index (κ3) is 1.62. The fraction of sp³-hybridized carbons (Fsp3) is 0.421. The molecule has 0 saturated carbocycles. The third-order valence-corrected chi connectivity index (χ3v) is 6.37. The smallest absolute Gasteiger partial charge is 0.148 e. The van der Waals surface area contributed by atoms with Gasteiger partial charge in [0.15, 0.2) is 0 Å². The van der Waals surface area contributed by atoms with Crippen LogP contribution in [-0.4, -0.2) is 30.3 Å². The molecule has 120 valence electrons. The van der Waals surface area contributed by atoms with E-state index in [1.54, 1.807) is 0 Å². The lowest BCUT2D eigenvalue weighted by Gasteiger charge is -2.48. The van der Waals surface area contributed by atoms with Crippen LogP contribution in [-0.2, 0) is 10.2 Å². The number of nitrogens with one attached hydrogen (secondary N) is 1. The Labute approximate surface area is 142 Å². The van der Waals surface area contributed by atoms with Crippen LogP contribution in [0.25, 0.3) is 0 Å². The van der Waals surface area contributed by atoms with Crippen LogP contribution in [0.4, 0.5) is 5.69 Å². The van der Waals surface area contributed by atoms with Crippen LogP contribution >= 0.6 is 12.4 Å². The van der Waals surface area contributed by atoms with Crippen molar-refractivity contribution in [3.63, 3.8) is 0 Å². The molecule has 1 unspecified atom stereocenters. The van der Waals surface area contributed by atoms with Crippen LogP contribution in [0.2, 0.25) is 0 Å². The summed E-state index contributed by atoms with van der Waals surface area (Å²) >= 11 is 0. The van der Waals surface area contributed by atoms with Crippen LogP contribution in [0.15, 0.2) is 47.2 Å². The summed E-state index contributed by atoms with van der Waals surface area (Å²) in [6.07, 6.45) is 5.55. The van der Waals surface area contributed by atoms with E-state index in [0.29, 0.717) is 12.0 Å². The Hall–Kier alpha value is -1.58. The molecule has 0 aromatic heterocycles. The third-order valence-electron chi connectivity index (χ3n) is 6.37. The van der Waals surface area contributed by atoms with Gasteiger partial charge in [0.1, 0.15) is 6.29 Å². The maximum atomic E-state index is 11.9. The minimum Gasteiger partial charge on any atom is -0.358 e. The maximum Gasteiger partial charge on any atom is 0.148 e. The number of hydrogen-bond acceptors (Lipinski definition) is 3. The van der Waals surface area contributed by atoms with Crippen molar-refractivity contribution in [1.82, 2.24) is 4.90 Å². The molecule has 23 heavy (non-hydrogen) atoms. The van der Waals surface area contributed by atoms with Crippen LogP contribution < -0.4 is 5.32 Å². The Morgan fingerprint density at radius 2 is 2.17 bits per heavy atom. The first-order chi connectivity index (χ1) is 10.8. The zero-order valence-corrected chi connectivity index (χ0v) is 14.0. The summed E-state index contributed by atoms with van der Waals surface area (Å²) in [6, 6.07) is 9.16. The first kappa shape index (κ1) is 15.0. The van der Waals surface area contributed by atoms with Gasteiger partial charge in [0, 0.05) is 42.0 Å². The summed E-state index contributed by atoms with van der Waals surface area (Å²) in [5.41, 5.74) is 6.25. The van der Waals surface area contributed by atoms with E-state index in [2.05, 4.69) is 47.5 Å². The molecule has 0 radical (unpaired) electrons. The number of allylic oxidation sites excluding steroid dienone is 2. The van der Waals surface area contributed by atoms with E-state index in [4.69, 9.17) is 0 Å². The average molecular weight is 329 g/mol. The predicted octanol–water partition coefficient (Wildman–Crippen LogP) is 3.28. The van der Waals surface area contributed by atoms with E-state index in [-0.39, 0.29) is 17.8 Å². The molecule has 1 N–H and O–H groups in total. The van der Waals surface area contributed by atoms with Crippen molar-refractivity contribution in [2.24, 2.45) is 5.92 Å². The highest BCUT2D eigenvalue weighted by molar-refractivity contribution is 5.85. The fourth-order valence-corrected chi connectivity index (χ4v) is 5.44. The van der Waals surface area contributed by atoms with E-state index in [1.165, 1.54) is 22.5 Å². The van der Waals surface area contributed by atoms with Gasteiger partial charge in [-0.15, -0.1) is 12.4 Å². The number of carbonyl (C=O) groups is 1. The Morgan fingerprint density at radius 3 is 2.96 bits per heavy atom. The first-order valence-corrected chi connectivity index (χ1v) is 8.25. The van der Waals surface area contributed by atoms with Crippen molar-refractivity contribution >= 4 is 24.4 Å². The van der Waals surface area contributed by atoms with Crippen molar-refractivity contribution in [3.8, 4) is 0 Å². The second-order valence-electron chi connectivity index (χ2n) is 6.98. The molecule has 3 heterocycles. The Morgan fingerprint density at radius 1 is 1.35 bits per heavy atom. The van der Waals surface area contributed by atoms with Crippen LogP contribution in [0.5, 0.6) is 0 Å². The van der Waals surface area contributed by atoms with Crippen molar-refractivity contribution in [2.45, 2.75) is 31.2 Å². The number of piperidine rings is 1. The first-order valence-electron chi connectivity index (χ1n) is 8.25. The Kier molecular flexibility index (Phi) is 3.23. The van der Waals surface area contributed by atoms with E-state index in [0.717, 1.165) is 37.8 Å². The number of hydrogen-bond donors (Lipinski definition) is 1. The molecule has 0 amide bonds. The average Bonchev–Trinajstić information content (AvgIpc) is 3.11. The van der Waals surface area contributed by atoms with Gasteiger partial charge in [-0.05, 0) is 31.4 Å². The zero-order chi connectivity index (χ0) is 14.9. The van der Waals surface area contributed by atoms with Crippen LogP contribution in [0, 0.1) is 5.92 Å². The normalized spacial score (nSPS) is 35.4. The lowest BCUT2D eigenvalue weighted by atomic mass is 9.62. The maximum absolute atomic E-state index is 11.9. The Bertz CT molecular complexity index is 753. The molecule has 1 spiro atoms. The quantitative estimate of drug-likeness (QED) is 0.634. The number of rotatable bonds is 1. The molecule has 1 aromatic carbocycles. The molecule has 4 heteroatoms. The number of carbonyl (C=O) groups excluding carboxylic acids is 1. The van der Waals surface area contributed by atoms with E-state index in [1.807, 2.05) is 0 Å². The largest absolute Gasteiger partial charge is 0.358 e. The summed E-state index contributed by atoms with van der Waals surface area (Å²) in [4.78, 5) is 14.6. The zero-order valence-electron chi connectivity index (χ0n) is 13.2. The lowest BCUT2D eigenvalue weighted by molar-refractivity contribution is -0.105. The number of fused-ring (bicyclic) bond motifs is 2. The summed E-state index contributed by atoms with van der Waals surface area (Å²) in [5.74, 6) is 0.312. The second-order valence-corrected chi connectivity index (χ2v) is 6.98. The molecule has 3 nitrogen and oxygen atoms in total. The SMILES string of the molecule is C/C=C1/CN2CC[C@]34C(=C(C=O)[C@H]1CC23)Nc1ccccc14.Cl. The minimum absolute atomic E-state index is 0. The summed E-state index contributed by atoms with van der Waals surface area (Å²) in [5, 5.41) is 3.62. The molecule has 3 aliphatic heterocycles. The van der Waals surface area contributed by atoms with Gasteiger partial charge >= 0.3 is 0 Å². The molecular formula is C19H21ClN2O. The number of nitrogens with zero attached hydrogens (tertiary/aromatic N) is 1. The van der Waals surface area contributed by atoms with Crippen molar-refractivity contribution in [1.29, 1.82) is 0 Å². The highest BCUT2D eigenvalue weighted by atomic mass is 35.5. The van der Waals surface area contributed by atoms with E-state index in [9.17, 15) is 4.79 Å². The molecule has 4 aliphatic rings. The molecule has 1 aromatic rings. The van der Waals surface area contributed by atoms with E-state index >= 15 is 0 Å². The number of para-hydroxylation sites is 1. The van der Waals surface area contributed by atoms with Crippen molar-refractivity contribution in [3.05, 3.63) is 52.7 Å². The molecule has 5 rings (SSSR count). The Balaban J connectivity index is 0.00000135.